The Bertz CT molecular complexity index is 424. The molecule has 2 N–H and O–H groups in total. The lowest BCUT2D eigenvalue weighted by molar-refractivity contribution is -0.138. The van der Waals surface area contributed by atoms with Gasteiger partial charge in [-0.3, -0.25) is 9.48 Å². The van der Waals surface area contributed by atoms with Gasteiger partial charge in [0.1, 0.15) is 6.54 Å². The zero-order valence-electron chi connectivity index (χ0n) is 11.3. The van der Waals surface area contributed by atoms with Gasteiger partial charge < -0.3 is 15.3 Å². The fraction of sp³-hybridized carbons (Fsp3) is 0.636. The summed E-state index contributed by atoms with van der Waals surface area (Å²) in [5.41, 5.74) is -0.560. The first kappa shape index (κ1) is 14.9. The molecule has 106 valence electrons. The van der Waals surface area contributed by atoms with Gasteiger partial charge >= 0.3 is 12.0 Å². The Kier molecular flexibility index (Phi) is 4.85. The third-order valence-electron chi connectivity index (χ3n) is 2.44. The minimum atomic E-state index is -1.04. The molecule has 0 bridgehead atoms. The molecule has 0 aliphatic carbocycles. The van der Waals surface area contributed by atoms with Gasteiger partial charge in [0.2, 0.25) is 0 Å². The molecule has 0 unspecified atom stereocenters. The maximum Gasteiger partial charge on any atom is 0.323 e. The maximum absolute atomic E-state index is 12.0. The molecule has 0 radical (unpaired) electrons. The zero-order chi connectivity index (χ0) is 14.5. The Morgan fingerprint density at radius 3 is 2.58 bits per heavy atom. The summed E-state index contributed by atoms with van der Waals surface area (Å²) in [7, 11) is 0. The molecular weight excluding hydrogens is 250 g/mol. The van der Waals surface area contributed by atoms with Crippen molar-refractivity contribution in [1.29, 1.82) is 0 Å². The van der Waals surface area contributed by atoms with Gasteiger partial charge in [0.15, 0.2) is 0 Å². The quantitative estimate of drug-likeness (QED) is 0.793. The third-order valence-corrected chi connectivity index (χ3v) is 2.44. The monoisotopic (exact) mass is 269 g/mol. The summed E-state index contributed by atoms with van der Waals surface area (Å²) in [5.74, 6) is -1.04. The van der Waals surface area contributed by atoms with E-state index in [0.29, 0.717) is 13.1 Å². The molecule has 0 atom stereocenters. The minimum Gasteiger partial charge on any atom is -0.480 e. The van der Waals surface area contributed by atoms with E-state index in [9.17, 15) is 9.59 Å². The van der Waals surface area contributed by atoms with E-state index in [4.69, 9.17) is 5.11 Å². The molecule has 8 nitrogen and oxygen atoms in total. The number of carboxylic acids is 1. The molecule has 2 amide bonds. The number of carboxylic acid groups (broad SMARTS) is 1. The molecule has 0 aromatic carbocycles. The fourth-order valence-corrected chi connectivity index (χ4v) is 1.47. The van der Waals surface area contributed by atoms with Crippen LogP contribution in [0.4, 0.5) is 4.79 Å². The normalized spacial score (nSPS) is 11.1. The summed E-state index contributed by atoms with van der Waals surface area (Å²) in [5, 5.41) is 18.9. The van der Waals surface area contributed by atoms with Crippen molar-refractivity contribution in [3.63, 3.8) is 0 Å². The van der Waals surface area contributed by atoms with Crippen LogP contribution in [0.3, 0.4) is 0 Å². The van der Waals surface area contributed by atoms with Crippen LogP contribution in [-0.2, 0) is 11.3 Å². The van der Waals surface area contributed by atoms with Crippen LogP contribution in [0.1, 0.15) is 20.8 Å². The highest BCUT2D eigenvalue weighted by molar-refractivity contribution is 5.80. The van der Waals surface area contributed by atoms with Crippen molar-refractivity contribution in [3.8, 4) is 0 Å². The van der Waals surface area contributed by atoms with E-state index >= 15 is 0 Å². The average Bonchev–Trinajstić information content (AvgIpc) is 2.77. The Hall–Kier alpha value is -2.12. The highest BCUT2D eigenvalue weighted by Gasteiger charge is 2.28. The van der Waals surface area contributed by atoms with Crippen LogP contribution in [0, 0.1) is 0 Å². The van der Waals surface area contributed by atoms with Gasteiger partial charge in [-0.15, -0.1) is 5.10 Å². The number of nitrogens with zero attached hydrogens (tertiary/aromatic N) is 4. The molecule has 0 spiro atoms. The number of aromatic nitrogens is 3. The topological polar surface area (TPSA) is 100 Å². The van der Waals surface area contributed by atoms with Crippen molar-refractivity contribution >= 4 is 12.0 Å². The Labute approximate surface area is 111 Å². The summed E-state index contributed by atoms with van der Waals surface area (Å²) in [4.78, 5) is 24.0. The maximum atomic E-state index is 12.0. The predicted octanol–water partition coefficient (Wildman–Crippen LogP) is 0.173. The average molecular weight is 269 g/mol. The smallest absolute Gasteiger partial charge is 0.323 e. The summed E-state index contributed by atoms with van der Waals surface area (Å²) in [6.45, 7) is 5.86. The lowest BCUT2D eigenvalue weighted by atomic mass is 10.1. The Morgan fingerprint density at radius 1 is 1.42 bits per heavy atom. The molecule has 1 rings (SSSR count). The molecular formula is C11H19N5O3. The predicted molar refractivity (Wildman–Crippen MR) is 67.5 cm³/mol. The highest BCUT2D eigenvalue weighted by Crippen LogP contribution is 2.12. The van der Waals surface area contributed by atoms with Gasteiger partial charge in [0, 0.05) is 18.3 Å². The van der Waals surface area contributed by atoms with Crippen LogP contribution in [0.5, 0.6) is 0 Å². The first-order chi connectivity index (χ1) is 8.80. The van der Waals surface area contributed by atoms with E-state index in [1.54, 1.807) is 37.8 Å². The molecule has 0 fully saturated rings. The van der Waals surface area contributed by atoms with E-state index in [-0.39, 0.29) is 6.54 Å². The molecule has 0 saturated heterocycles. The second kappa shape index (κ2) is 6.17. The third kappa shape index (κ3) is 4.94. The second-order valence-electron chi connectivity index (χ2n) is 5.05. The SMILES string of the molecule is CC(C)(C)N(CC(=O)O)C(=O)NCCn1ccnn1. The van der Waals surface area contributed by atoms with Crippen LogP contribution >= 0.6 is 0 Å². The van der Waals surface area contributed by atoms with Crippen LogP contribution in [0.25, 0.3) is 0 Å². The van der Waals surface area contributed by atoms with Crippen molar-refractivity contribution < 1.29 is 14.7 Å². The van der Waals surface area contributed by atoms with Gasteiger partial charge in [-0.2, -0.15) is 0 Å². The number of nitrogens with one attached hydrogen (secondary N) is 1. The number of carbonyl (C=O) groups excluding carboxylic acids is 1. The van der Waals surface area contributed by atoms with Crippen LogP contribution in [-0.4, -0.2) is 55.6 Å². The van der Waals surface area contributed by atoms with E-state index in [0.717, 1.165) is 0 Å². The number of hydrogen-bond acceptors (Lipinski definition) is 4. The molecule has 19 heavy (non-hydrogen) atoms. The van der Waals surface area contributed by atoms with E-state index < -0.39 is 17.5 Å². The lowest BCUT2D eigenvalue weighted by Gasteiger charge is -2.34. The molecule has 1 aromatic heterocycles. The van der Waals surface area contributed by atoms with Crippen molar-refractivity contribution in [2.24, 2.45) is 0 Å². The van der Waals surface area contributed by atoms with Gasteiger partial charge in [-0.1, -0.05) is 5.21 Å². The number of hydrogen-bond donors (Lipinski definition) is 2. The zero-order valence-corrected chi connectivity index (χ0v) is 11.3. The van der Waals surface area contributed by atoms with Gasteiger partial charge in [0.25, 0.3) is 0 Å². The number of carbonyl (C=O) groups is 2. The molecule has 0 aliphatic rings. The second-order valence-corrected chi connectivity index (χ2v) is 5.05. The molecule has 1 aromatic rings. The Balaban J connectivity index is 2.50. The summed E-state index contributed by atoms with van der Waals surface area (Å²) >= 11 is 0. The Morgan fingerprint density at radius 2 is 2.11 bits per heavy atom. The van der Waals surface area contributed by atoms with Crippen LogP contribution in [0.15, 0.2) is 12.4 Å². The van der Waals surface area contributed by atoms with Crippen molar-refractivity contribution in [2.75, 3.05) is 13.1 Å². The molecule has 8 heteroatoms. The van der Waals surface area contributed by atoms with E-state index in [1.807, 2.05) is 0 Å². The fourth-order valence-electron chi connectivity index (χ4n) is 1.47. The molecule has 0 aliphatic heterocycles. The van der Waals surface area contributed by atoms with Gasteiger partial charge in [0.05, 0.1) is 12.7 Å². The number of amides is 2. The van der Waals surface area contributed by atoms with Crippen molar-refractivity contribution in [2.45, 2.75) is 32.9 Å². The van der Waals surface area contributed by atoms with E-state index in [1.165, 1.54) is 4.90 Å². The first-order valence-corrected chi connectivity index (χ1v) is 5.92. The molecule has 1 heterocycles. The largest absolute Gasteiger partial charge is 0.480 e. The standard InChI is InChI=1S/C11H19N5O3/c1-11(2,3)16(8-9(17)18)10(19)12-4-6-15-7-5-13-14-15/h5,7H,4,6,8H2,1-3H3,(H,12,19)(H,17,18). The molecule has 0 saturated carbocycles. The first-order valence-electron chi connectivity index (χ1n) is 5.92. The summed E-state index contributed by atoms with van der Waals surface area (Å²) < 4.78 is 1.58. The van der Waals surface area contributed by atoms with Crippen molar-refractivity contribution in [3.05, 3.63) is 12.4 Å². The number of aliphatic carboxylic acids is 1. The number of urea groups is 1. The highest BCUT2D eigenvalue weighted by atomic mass is 16.4. The minimum absolute atomic E-state index is 0.335. The van der Waals surface area contributed by atoms with Crippen molar-refractivity contribution in [1.82, 2.24) is 25.2 Å². The van der Waals surface area contributed by atoms with Crippen LogP contribution in [0.2, 0.25) is 0 Å². The van der Waals surface area contributed by atoms with Gasteiger partial charge in [-0.05, 0) is 20.8 Å². The lowest BCUT2D eigenvalue weighted by Crippen LogP contribution is -2.52. The number of rotatable bonds is 5. The summed E-state index contributed by atoms with van der Waals surface area (Å²) in [6, 6.07) is -0.407. The van der Waals surface area contributed by atoms with Crippen LogP contribution < -0.4 is 5.32 Å². The van der Waals surface area contributed by atoms with Gasteiger partial charge in [-0.25, -0.2) is 4.79 Å². The van der Waals surface area contributed by atoms with E-state index in [2.05, 4.69) is 15.6 Å². The summed E-state index contributed by atoms with van der Waals surface area (Å²) in [6.07, 6.45) is 3.23.